The van der Waals surface area contributed by atoms with Crippen molar-refractivity contribution in [2.24, 2.45) is 5.41 Å². The van der Waals surface area contributed by atoms with Gasteiger partial charge < -0.3 is 5.32 Å². The number of carbonyl (C=O) groups is 1. The molecule has 0 saturated heterocycles. The molecule has 1 amide bonds. The van der Waals surface area contributed by atoms with Gasteiger partial charge in [0.05, 0.1) is 22.6 Å². The van der Waals surface area contributed by atoms with E-state index < -0.39 is 5.41 Å². The molecule has 3 nitrogen and oxygen atoms in total. The Morgan fingerprint density at radius 2 is 2.17 bits per heavy atom. The van der Waals surface area contributed by atoms with Crippen LogP contribution < -0.4 is 5.32 Å². The highest BCUT2D eigenvalue weighted by Crippen LogP contribution is 2.48. The molecule has 0 fully saturated rings. The van der Waals surface area contributed by atoms with Crippen LogP contribution in [0.4, 0.5) is 0 Å². The number of hydrogen-bond donors (Lipinski definition) is 1. The number of rotatable bonds is 1. The minimum atomic E-state index is -0.404. The molecule has 1 spiro atoms. The van der Waals surface area contributed by atoms with Crippen molar-refractivity contribution in [3.8, 4) is 6.07 Å². The SMILES string of the molecule is N#Cc1cccc(C2=C3C=CC=C4C=C(Cl)C=CC43CNC2=O)c1. The summed E-state index contributed by atoms with van der Waals surface area (Å²) in [5.74, 6) is -0.120. The molecule has 1 aliphatic heterocycles. The maximum Gasteiger partial charge on any atom is 0.252 e. The Balaban J connectivity index is 1.97. The van der Waals surface area contributed by atoms with Crippen LogP contribution >= 0.6 is 11.6 Å². The number of nitriles is 1. The van der Waals surface area contributed by atoms with Crippen molar-refractivity contribution in [3.63, 3.8) is 0 Å². The summed E-state index contributed by atoms with van der Waals surface area (Å²) in [5.41, 5.74) is 3.48. The second kappa shape index (κ2) is 5.36. The number of nitrogens with zero attached hydrogens (tertiary/aromatic N) is 1. The molecule has 1 aromatic rings. The Kier molecular flexibility index (Phi) is 3.30. The minimum absolute atomic E-state index is 0.120. The summed E-state index contributed by atoms with van der Waals surface area (Å²) in [4.78, 5) is 12.6. The lowest BCUT2D eigenvalue weighted by Gasteiger charge is -2.41. The van der Waals surface area contributed by atoms with Crippen molar-refractivity contribution in [2.45, 2.75) is 0 Å². The zero-order chi connectivity index (χ0) is 16.7. The van der Waals surface area contributed by atoms with Gasteiger partial charge in [0.1, 0.15) is 0 Å². The highest BCUT2D eigenvalue weighted by molar-refractivity contribution is 6.31. The lowest BCUT2D eigenvalue weighted by atomic mass is 9.65. The van der Waals surface area contributed by atoms with E-state index in [2.05, 4.69) is 11.4 Å². The van der Waals surface area contributed by atoms with Gasteiger partial charge in [-0.25, -0.2) is 0 Å². The molecule has 0 bridgehead atoms. The summed E-state index contributed by atoms with van der Waals surface area (Å²) >= 11 is 6.16. The number of carbonyl (C=O) groups excluding carboxylic acids is 1. The van der Waals surface area contributed by atoms with Crippen LogP contribution in [0.1, 0.15) is 11.1 Å². The Hall–Kier alpha value is -2.83. The monoisotopic (exact) mass is 332 g/mol. The largest absolute Gasteiger partial charge is 0.350 e. The van der Waals surface area contributed by atoms with E-state index in [0.29, 0.717) is 22.7 Å². The first kappa shape index (κ1) is 14.7. The zero-order valence-corrected chi connectivity index (χ0v) is 13.5. The molecule has 116 valence electrons. The molecule has 1 atom stereocenters. The predicted octanol–water partition coefficient (Wildman–Crippen LogP) is 3.62. The van der Waals surface area contributed by atoms with Gasteiger partial charge in [-0.05, 0) is 41.0 Å². The Morgan fingerprint density at radius 3 is 3.00 bits per heavy atom. The molecular formula is C20H13ClN2O. The van der Waals surface area contributed by atoms with Gasteiger partial charge in [-0.2, -0.15) is 5.26 Å². The molecule has 2 aliphatic carbocycles. The van der Waals surface area contributed by atoms with Gasteiger partial charge in [-0.15, -0.1) is 0 Å². The second-order valence-corrected chi connectivity index (χ2v) is 6.42. The maximum absolute atomic E-state index is 12.6. The van der Waals surface area contributed by atoms with Crippen LogP contribution in [0.2, 0.25) is 0 Å². The van der Waals surface area contributed by atoms with Gasteiger partial charge in [0.25, 0.3) is 5.91 Å². The van der Waals surface area contributed by atoms with E-state index in [1.54, 1.807) is 18.2 Å². The lowest BCUT2D eigenvalue weighted by molar-refractivity contribution is -0.116. The Bertz CT molecular complexity index is 956. The normalized spacial score (nSPS) is 24.4. The van der Waals surface area contributed by atoms with E-state index in [1.165, 1.54) is 0 Å². The molecule has 1 aromatic carbocycles. The number of amides is 1. The summed E-state index contributed by atoms with van der Waals surface area (Å²) in [6.07, 6.45) is 11.8. The summed E-state index contributed by atoms with van der Waals surface area (Å²) in [7, 11) is 0. The molecule has 24 heavy (non-hydrogen) atoms. The van der Waals surface area contributed by atoms with Crippen LogP contribution in [0, 0.1) is 16.7 Å². The molecule has 3 aliphatic rings. The fourth-order valence-electron chi connectivity index (χ4n) is 3.51. The van der Waals surface area contributed by atoms with Gasteiger partial charge in [0, 0.05) is 11.6 Å². The Morgan fingerprint density at radius 1 is 1.29 bits per heavy atom. The quantitative estimate of drug-likeness (QED) is 0.854. The van der Waals surface area contributed by atoms with Crippen molar-refractivity contribution >= 4 is 23.1 Å². The van der Waals surface area contributed by atoms with Crippen LogP contribution in [-0.2, 0) is 4.79 Å². The first-order chi connectivity index (χ1) is 11.6. The molecule has 1 heterocycles. The third kappa shape index (κ3) is 2.08. The lowest BCUT2D eigenvalue weighted by Crippen LogP contribution is -2.45. The fourth-order valence-corrected chi connectivity index (χ4v) is 3.69. The number of benzene rings is 1. The molecule has 1 unspecified atom stereocenters. The van der Waals surface area contributed by atoms with Gasteiger partial charge in [-0.3, -0.25) is 4.79 Å². The first-order valence-corrected chi connectivity index (χ1v) is 8.01. The minimum Gasteiger partial charge on any atom is -0.350 e. The molecular weight excluding hydrogens is 320 g/mol. The molecule has 4 rings (SSSR count). The number of halogens is 1. The van der Waals surface area contributed by atoms with Crippen LogP contribution in [0.5, 0.6) is 0 Å². The van der Waals surface area contributed by atoms with Gasteiger partial charge in [-0.1, -0.05) is 48.0 Å². The number of hydrogen-bond acceptors (Lipinski definition) is 2. The smallest absolute Gasteiger partial charge is 0.252 e. The van der Waals surface area contributed by atoms with E-state index in [0.717, 1.165) is 16.7 Å². The van der Waals surface area contributed by atoms with Gasteiger partial charge >= 0.3 is 0 Å². The van der Waals surface area contributed by atoms with Gasteiger partial charge in [0.15, 0.2) is 0 Å². The van der Waals surface area contributed by atoms with Crippen LogP contribution in [0.3, 0.4) is 0 Å². The van der Waals surface area contributed by atoms with Crippen molar-refractivity contribution in [1.82, 2.24) is 5.32 Å². The number of nitrogens with one attached hydrogen (secondary N) is 1. The molecule has 0 saturated carbocycles. The number of allylic oxidation sites excluding steroid dienone is 6. The summed E-state index contributed by atoms with van der Waals surface area (Å²) in [6.45, 7) is 0.496. The molecule has 0 radical (unpaired) electrons. The van der Waals surface area contributed by atoms with Gasteiger partial charge in [0.2, 0.25) is 0 Å². The second-order valence-electron chi connectivity index (χ2n) is 5.98. The third-order valence-electron chi connectivity index (χ3n) is 4.66. The Labute approximate surface area is 144 Å². The van der Waals surface area contributed by atoms with Crippen LogP contribution in [0.25, 0.3) is 5.57 Å². The summed E-state index contributed by atoms with van der Waals surface area (Å²) < 4.78 is 0. The summed E-state index contributed by atoms with van der Waals surface area (Å²) in [5, 5.41) is 12.8. The highest BCUT2D eigenvalue weighted by atomic mass is 35.5. The topological polar surface area (TPSA) is 52.9 Å². The van der Waals surface area contributed by atoms with Crippen molar-refractivity contribution < 1.29 is 4.79 Å². The molecule has 0 aromatic heterocycles. The summed E-state index contributed by atoms with van der Waals surface area (Å²) in [6, 6.07) is 9.28. The van der Waals surface area contributed by atoms with Crippen molar-refractivity contribution in [2.75, 3.05) is 6.54 Å². The van der Waals surface area contributed by atoms with E-state index in [9.17, 15) is 4.79 Å². The maximum atomic E-state index is 12.6. The van der Waals surface area contributed by atoms with E-state index >= 15 is 0 Å². The van der Waals surface area contributed by atoms with Crippen molar-refractivity contribution in [3.05, 3.63) is 88.0 Å². The van der Waals surface area contributed by atoms with Crippen LogP contribution in [-0.4, -0.2) is 12.5 Å². The highest BCUT2D eigenvalue weighted by Gasteiger charge is 2.43. The average Bonchev–Trinajstić information content (AvgIpc) is 2.61. The average molecular weight is 333 g/mol. The van der Waals surface area contributed by atoms with Crippen molar-refractivity contribution in [1.29, 1.82) is 5.26 Å². The molecule has 4 heteroatoms. The zero-order valence-electron chi connectivity index (χ0n) is 12.7. The first-order valence-electron chi connectivity index (χ1n) is 7.63. The third-order valence-corrected chi connectivity index (χ3v) is 4.89. The molecule has 1 N–H and O–H groups in total. The standard InChI is InChI=1S/C20H13ClN2O/c21-16-7-8-20-12-23-19(24)18(14-4-1-3-13(9-14)11-22)17(20)6-2-5-15(20)10-16/h1-10H,12H2,(H,23,24). The van der Waals surface area contributed by atoms with Crippen LogP contribution in [0.15, 0.2) is 76.9 Å². The van der Waals surface area contributed by atoms with E-state index in [4.69, 9.17) is 16.9 Å². The van der Waals surface area contributed by atoms with E-state index in [-0.39, 0.29) is 5.91 Å². The fraction of sp³-hybridized carbons (Fsp3) is 0.100. The van der Waals surface area contributed by atoms with E-state index in [1.807, 2.05) is 42.5 Å². The predicted molar refractivity (Wildman–Crippen MR) is 93.8 cm³/mol.